The van der Waals surface area contributed by atoms with Crippen LogP contribution in [-0.4, -0.2) is 63.7 Å². The average Bonchev–Trinajstić information content (AvgIpc) is 2.58. The number of hydrogen-bond donors (Lipinski definition) is 5. The number of hydrogen-bond acceptors (Lipinski definition) is 7. The van der Waals surface area contributed by atoms with Crippen molar-refractivity contribution in [1.82, 2.24) is 0 Å². The van der Waals surface area contributed by atoms with E-state index in [9.17, 15) is 26.4 Å². The van der Waals surface area contributed by atoms with Gasteiger partial charge in [-0.2, -0.15) is 16.8 Å². The highest BCUT2D eigenvalue weighted by Gasteiger charge is 2.36. The molecule has 204 valence electrons. The van der Waals surface area contributed by atoms with E-state index in [0.717, 1.165) is 0 Å². The second-order valence-electron chi connectivity index (χ2n) is 9.94. The highest BCUT2D eigenvalue weighted by Crippen LogP contribution is 2.29. The Morgan fingerprint density at radius 1 is 0.714 bits per heavy atom. The first-order chi connectivity index (χ1) is 15.5. The Labute approximate surface area is 207 Å². The lowest BCUT2D eigenvalue weighted by atomic mass is 9.89. The van der Waals surface area contributed by atoms with Crippen molar-refractivity contribution >= 4 is 32.2 Å². The molecule has 0 heterocycles. The third kappa shape index (κ3) is 17.8. The number of aromatic hydroxyl groups is 1. The average molecular weight is 543 g/mol. The largest absolute Gasteiger partial charge is 0.508 e. The van der Waals surface area contributed by atoms with Crippen molar-refractivity contribution < 1.29 is 50.8 Å². The highest BCUT2D eigenvalue weighted by molar-refractivity contribution is 7.86. The predicted octanol–water partition coefficient (Wildman–Crippen LogP) is 3.70. The number of carboxylic acid groups (broad SMARTS) is 2. The highest BCUT2D eigenvalue weighted by atomic mass is 32.2. The van der Waals surface area contributed by atoms with Gasteiger partial charge in [-0.05, 0) is 35.8 Å². The molecule has 0 aliphatic carbocycles. The number of benzene rings is 1. The van der Waals surface area contributed by atoms with Crippen molar-refractivity contribution in [3.63, 3.8) is 0 Å². The van der Waals surface area contributed by atoms with Gasteiger partial charge in [0.25, 0.3) is 20.2 Å². The van der Waals surface area contributed by atoms with Gasteiger partial charge in [-0.1, -0.05) is 59.7 Å². The first-order valence-corrected chi connectivity index (χ1v) is 13.6. The van der Waals surface area contributed by atoms with Crippen LogP contribution in [0, 0.1) is 10.8 Å². The van der Waals surface area contributed by atoms with Crippen LogP contribution in [0.3, 0.4) is 0 Å². The molecule has 13 heteroatoms. The summed E-state index contributed by atoms with van der Waals surface area (Å²) in [6, 6.07) is 8.71. The van der Waals surface area contributed by atoms with Crippen molar-refractivity contribution in [2.75, 3.05) is 0 Å². The van der Waals surface area contributed by atoms with E-state index in [0.29, 0.717) is 5.75 Å². The van der Waals surface area contributed by atoms with Gasteiger partial charge >= 0.3 is 11.9 Å². The fraction of sp³-hybridized carbons (Fsp3) is 0.636. The van der Waals surface area contributed by atoms with Crippen LogP contribution in [0.25, 0.3) is 0 Å². The van der Waals surface area contributed by atoms with Gasteiger partial charge in [-0.25, -0.2) is 0 Å². The molecule has 0 saturated carbocycles. The molecule has 0 fully saturated rings. The van der Waals surface area contributed by atoms with E-state index in [1.807, 2.05) is 6.07 Å². The molecule has 2 atom stereocenters. The van der Waals surface area contributed by atoms with Gasteiger partial charge in [0, 0.05) is 12.8 Å². The van der Waals surface area contributed by atoms with E-state index in [2.05, 4.69) is 0 Å². The Morgan fingerprint density at radius 3 is 1.14 bits per heavy atom. The van der Waals surface area contributed by atoms with Gasteiger partial charge in [-0.15, -0.1) is 0 Å². The number of rotatable bonds is 8. The zero-order valence-corrected chi connectivity index (χ0v) is 22.5. The first kappa shape index (κ1) is 34.9. The quantitative estimate of drug-likeness (QED) is 0.299. The second-order valence-corrected chi connectivity index (χ2v) is 13.1. The van der Waals surface area contributed by atoms with Crippen LogP contribution in [0.15, 0.2) is 30.3 Å². The van der Waals surface area contributed by atoms with E-state index < -0.39 is 53.5 Å². The summed E-state index contributed by atoms with van der Waals surface area (Å²) in [5.74, 6) is -1.81. The number of carbonyl (C=O) groups is 2. The fourth-order valence-electron chi connectivity index (χ4n) is 2.99. The summed E-state index contributed by atoms with van der Waals surface area (Å²) in [6.07, 6.45) is -0.668. The Bertz CT molecular complexity index is 924. The van der Waals surface area contributed by atoms with Crippen molar-refractivity contribution in [3.05, 3.63) is 30.3 Å². The van der Waals surface area contributed by atoms with Gasteiger partial charge in [-0.3, -0.25) is 18.7 Å². The van der Waals surface area contributed by atoms with Crippen LogP contribution >= 0.6 is 0 Å². The molecule has 0 aliphatic heterocycles. The smallest absolute Gasteiger partial charge is 0.303 e. The van der Waals surface area contributed by atoms with E-state index in [4.69, 9.17) is 24.4 Å². The zero-order valence-electron chi connectivity index (χ0n) is 20.9. The van der Waals surface area contributed by atoms with Gasteiger partial charge < -0.3 is 15.3 Å². The Balaban J connectivity index is 0. The van der Waals surface area contributed by atoms with Crippen molar-refractivity contribution in [2.24, 2.45) is 10.8 Å². The SMILES string of the molecule is CC(C)(C)C(CCC(=O)O)S(=O)(=O)O.CC(C)(C)C(CCC(=O)O)S(=O)(=O)O.Oc1ccccc1. The summed E-state index contributed by atoms with van der Waals surface area (Å²) in [5.41, 5.74) is -1.33. The van der Waals surface area contributed by atoms with Crippen LogP contribution < -0.4 is 0 Å². The maximum Gasteiger partial charge on any atom is 0.303 e. The number of aliphatic carboxylic acids is 2. The summed E-state index contributed by atoms with van der Waals surface area (Å²) >= 11 is 0. The third-order valence-electron chi connectivity index (χ3n) is 4.65. The van der Waals surface area contributed by atoms with Gasteiger partial charge in [0.05, 0.1) is 10.5 Å². The Hall–Kier alpha value is -2.22. The molecule has 0 saturated heterocycles. The molecule has 0 bridgehead atoms. The standard InChI is InChI=1S/2C8H16O5S.C6H6O/c2*1-8(2,3)6(14(11,12)13)4-5-7(9)10;7-6-4-2-1-3-5-6/h2*6H,4-5H2,1-3H3,(H,9,10)(H,11,12,13);1-5,7H. The van der Waals surface area contributed by atoms with E-state index >= 15 is 0 Å². The maximum atomic E-state index is 11.0. The second kappa shape index (κ2) is 14.4. The van der Waals surface area contributed by atoms with E-state index in [1.165, 1.54) is 0 Å². The Kier molecular flexibility index (Phi) is 14.3. The molecule has 1 aromatic carbocycles. The van der Waals surface area contributed by atoms with E-state index in [1.54, 1.807) is 65.8 Å². The van der Waals surface area contributed by atoms with Crippen LogP contribution in [0.1, 0.15) is 67.2 Å². The van der Waals surface area contributed by atoms with E-state index in [-0.39, 0.29) is 25.7 Å². The number of para-hydroxylation sites is 1. The molecule has 0 amide bonds. The van der Waals surface area contributed by atoms with Crippen molar-refractivity contribution in [3.8, 4) is 5.75 Å². The fourth-order valence-corrected chi connectivity index (χ4v) is 5.61. The normalized spacial score (nSPS) is 13.8. The topological polar surface area (TPSA) is 204 Å². The lowest BCUT2D eigenvalue weighted by Crippen LogP contribution is -2.34. The van der Waals surface area contributed by atoms with Gasteiger partial charge in [0.15, 0.2) is 0 Å². The monoisotopic (exact) mass is 542 g/mol. The molecule has 5 N–H and O–H groups in total. The predicted molar refractivity (Wildman–Crippen MR) is 131 cm³/mol. The van der Waals surface area contributed by atoms with Gasteiger partial charge in [0.2, 0.25) is 0 Å². The molecule has 0 aromatic heterocycles. The summed E-state index contributed by atoms with van der Waals surface area (Å²) in [6.45, 7) is 9.88. The van der Waals surface area contributed by atoms with Crippen molar-refractivity contribution in [2.45, 2.75) is 77.7 Å². The number of phenolic OH excluding ortho intramolecular Hbond substituents is 1. The van der Waals surface area contributed by atoms with Crippen LogP contribution in [-0.2, 0) is 29.8 Å². The molecule has 0 aliphatic rings. The molecule has 1 rings (SSSR count). The third-order valence-corrected chi connectivity index (χ3v) is 7.97. The van der Waals surface area contributed by atoms with Crippen LogP contribution in [0.4, 0.5) is 0 Å². The minimum absolute atomic E-state index is 0.0718. The maximum absolute atomic E-state index is 11.0. The molecular formula is C22H38O11S2. The van der Waals surface area contributed by atoms with Gasteiger partial charge in [0.1, 0.15) is 5.75 Å². The minimum atomic E-state index is -4.18. The molecule has 2 unspecified atom stereocenters. The lowest BCUT2D eigenvalue weighted by molar-refractivity contribution is -0.138. The summed E-state index contributed by atoms with van der Waals surface area (Å²) < 4.78 is 61.6. The molecular weight excluding hydrogens is 504 g/mol. The Morgan fingerprint density at radius 2 is 1.00 bits per heavy atom. The lowest BCUT2D eigenvalue weighted by Gasteiger charge is -2.27. The molecule has 35 heavy (non-hydrogen) atoms. The first-order valence-electron chi connectivity index (χ1n) is 10.6. The zero-order chi connectivity index (χ0) is 28.3. The summed E-state index contributed by atoms with van der Waals surface area (Å²) in [7, 11) is -8.36. The summed E-state index contributed by atoms with van der Waals surface area (Å²) in [5, 5.41) is 23.4. The molecule has 0 spiro atoms. The number of phenols is 1. The minimum Gasteiger partial charge on any atom is -0.508 e. The summed E-state index contributed by atoms with van der Waals surface area (Å²) in [4.78, 5) is 20.6. The molecule has 0 radical (unpaired) electrons. The molecule has 11 nitrogen and oxygen atoms in total. The van der Waals surface area contributed by atoms with Crippen molar-refractivity contribution in [1.29, 1.82) is 0 Å². The van der Waals surface area contributed by atoms with Crippen LogP contribution in [0.2, 0.25) is 0 Å². The number of carboxylic acids is 2. The molecule has 1 aromatic rings. The van der Waals surface area contributed by atoms with Crippen LogP contribution in [0.5, 0.6) is 5.75 Å².